The molecule has 1 fully saturated rings. The maximum Gasteiger partial charge on any atom is 0.411 e. The molecule has 2 aromatic carbocycles. The highest BCUT2D eigenvalue weighted by Gasteiger charge is 2.45. The Kier molecular flexibility index (Phi) is 9.75. The Morgan fingerprint density at radius 3 is 2.61 bits per heavy atom. The van der Waals surface area contributed by atoms with Gasteiger partial charge >= 0.3 is 11.9 Å². The SMILES string of the molecule is CCCC(=O)C(Cc1ccc(-n2c(=O)c3ccncc3n(C)c2=O)c2ncccc12)NC(=O)c1c(C)cc(N2CCOC[C@@H]2C(F)(F)F)cc1F. The molecule has 0 aliphatic carbocycles. The summed E-state index contributed by atoms with van der Waals surface area (Å²) in [6, 6.07) is 7.19. The third kappa shape index (κ3) is 6.72. The first-order valence-electron chi connectivity index (χ1n) is 16.3. The lowest BCUT2D eigenvalue weighted by molar-refractivity contribution is -0.167. The number of amides is 1. The van der Waals surface area contributed by atoms with E-state index in [0.717, 1.165) is 15.5 Å². The fourth-order valence-corrected chi connectivity index (χ4v) is 6.56. The number of ketones is 1. The molecule has 4 heterocycles. The molecule has 1 unspecified atom stereocenters. The van der Waals surface area contributed by atoms with Gasteiger partial charge in [-0.25, -0.2) is 13.8 Å². The fraction of sp³-hybridized carbons (Fsp3) is 0.333. The number of rotatable bonds is 9. The number of benzene rings is 2. The standard InChI is InChI=1S/C36H34F4N6O5/c1-4-6-29(47)26(43-33(48)31-20(2)15-22(17-25(31)37)45-13-14-51-19-30(45)36(38,39)40)16-21-8-9-27(32-23(21)7-5-11-42-32)46-34(49)24-10-12-41-18-28(24)44(3)35(46)50/h5,7-12,15,17-18,26,30H,4,6,13-14,16,19H2,1-3H3,(H,43,48)/t26?,30-/m1/s1. The number of nitrogens with one attached hydrogen (secondary N) is 1. The fourth-order valence-electron chi connectivity index (χ4n) is 6.56. The summed E-state index contributed by atoms with van der Waals surface area (Å²) in [5, 5.41) is 3.44. The molecule has 1 N–H and O–H groups in total. The van der Waals surface area contributed by atoms with E-state index in [-0.39, 0.29) is 54.1 Å². The van der Waals surface area contributed by atoms with Crippen LogP contribution in [0.4, 0.5) is 23.2 Å². The van der Waals surface area contributed by atoms with Gasteiger partial charge in [-0.1, -0.05) is 19.1 Å². The van der Waals surface area contributed by atoms with Crippen LogP contribution in [0.15, 0.2) is 70.6 Å². The average Bonchev–Trinajstić information content (AvgIpc) is 3.10. The molecule has 1 amide bonds. The van der Waals surface area contributed by atoms with E-state index in [1.807, 2.05) is 0 Å². The van der Waals surface area contributed by atoms with Crippen LogP contribution >= 0.6 is 0 Å². The van der Waals surface area contributed by atoms with Gasteiger partial charge in [0.15, 0.2) is 5.78 Å². The van der Waals surface area contributed by atoms with Gasteiger partial charge in [-0.2, -0.15) is 13.2 Å². The minimum atomic E-state index is -4.62. The smallest absolute Gasteiger partial charge is 0.377 e. The van der Waals surface area contributed by atoms with E-state index in [0.29, 0.717) is 28.4 Å². The second-order valence-corrected chi connectivity index (χ2v) is 12.4. The summed E-state index contributed by atoms with van der Waals surface area (Å²) in [4.78, 5) is 63.5. The Bertz CT molecular complexity index is 2260. The van der Waals surface area contributed by atoms with Crippen molar-refractivity contribution in [2.45, 2.75) is 51.4 Å². The molecule has 0 saturated carbocycles. The highest BCUT2D eigenvalue weighted by molar-refractivity contribution is 6.00. The Hall–Kier alpha value is -5.44. The molecular formula is C36H34F4N6O5. The minimum absolute atomic E-state index is 0.0231. The number of halogens is 4. The molecule has 3 aromatic heterocycles. The molecule has 6 rings (SSSR count). The first-order chi connectivity index (χ1) is 24.3. The van der Waals surface area contributed by atoms with Crippen molar-refractivity contribution >= 4 is 39.2 Å². The molecule has 1 aliphatic heterocycles. The number of hydrogen-bond acceptors (Lipinski definition) is 8. The Morgan fingerprint density at radius 1 is 1.10 bits per heavy atom. The number of anilines is 1. The lowest BCUT2D eigenvalue weighted by Gasteiger charge is -2.38. The summed E-state index contributed by atoms with van der Waals surface area (Å²) in [5.41, 5.74) is -0.0932. The highest BCUT2D eigenvalue weighted by Crippen LogP contribution is 2.33. The van der Waals surface area contributed by atoms with Crippen molar-refractivity contribution in [3.8, 4) is 5.69 Å². The van der Waals surface area contributed by atoms with Crippen molar-refractivity contribution < 1.29 is 31.9 Å². The van der Waals surface area contributed by atoms with Crippen molar-refractivity contribution in [1.82, 2.24) is 24.4 Å². The number of aryl methyl sites for hydroxylation is 2. The van der Waals surface area contributed by atoms with Crippen LogP contribution in [0.25, 0.3) is 27.5 Å². The molecule has 51 heavy (non-hydrogen) atoms. The highest BCUT2D eigenvalue weighted by atomic mass is 19.4. The van der Waals surface area contributed by atoms with E-state index in [1.54, 1.807) is 31.2 Å². The Morgan fingerprint density at radius 2 is 1.88 bits per heavy atom. The number of nitrogens with zero attached hydrogens (tertiary/aromatic N) is 5. The third-order valence-corrected chi connectivity index (χ3v) is 9.10. The zero-order valence-electron chi connectivity index (χ0n) is 28.0. The summed E-state index contributed by atoms with van der Waals surface area (Å²) >= 11 is 0. The molecule has 11 nitrogen and oxygen atoms in total. The lowest BCUT2D eigenvalue weighted by Crippen LogP contribution is -2.53. The van der Waals surface area contributed by atoms with E-state index in [4.69, 9.17) is 4.74 Å². The molecule has 0 bridgehead atoms. The van der Waals surface area contributed by atoms with Crippen LogP contribution in [-0.2, 0) is 23.0 Å². The van der Waals surface area contributed by atoms with Gasteiger partial charge in [0.05, 0.1) is 53.1 Å². The number of alkyl halides is 3. The van der Waals surface area contributed by atoms with Crippen LogP contribution in [0.3, 0.4) is 0 Å². The summed E-state index contributed by atoms with van der Waals surface area (Å²) < 4.78 is 64.1. The number of hydrogen-bond donors (Lipinski definition) is 1. The van der Waals surface area contributed by atoms with Gasteiger partial charge in [-0.15, -0.1) is 0 Å². The first kappa shape index (κ1) is 35.4. The molecule has 1 aliphatic rings. The van der Waals surface area contributed by atoms with Crippen LogP contribution in [0.5, 0.6) is 0 Å². The van der Waals surface area contributed by atoms with Gasteiger partial charge in [-0.05, 0) is 54.8 Å². The van der Waals surface area contributed by atoms with Crippen LogP contribution in [0.1, 0.15) is 41.3 Å². The normalized spacial score (nSPS) is 15.7. The van der Waals surface area contributed by atoms with Gasteiger partial charge in [0.1, 0.15) is 11.9 Å². The number of ether oxygens (including phenoxy) is 1. The average molecular weight is 707 g/mol. The van der Waals surface area contributed by atoms with Gasteiger partial charge in [0.25, 0.3) is 11.5 Å². The van der Waals surface area contributed by atoms with Gasteiger partial charge in [0, 0.05) is 49.9 Å². The minimum Gasteiger partial charge on any atom is -0.377 e. The van der Waals surface area contributed by atoms with Crippen molar-refractivity contribution in [3.05, 3.63) is 104 Å². The van der Waals surface area contributed by atoms with Crippen molar-refractivity contribution in [2.24, 2.45) is 7.05 Å². The van der Waals surface area contributed by atoms with Crippen LogP contribution in [-0.4, -0.2) is 68.8 Å². The molecular weight excluding hydrogens is 672 g/mol. The molecule has 266 valence electrons. The number of pyridine rings is 2. The Labute approximate surface area is 288 Å². The molecule has 0 radical (unpaired) electrons. The molecule has 0 spiro atoms. The number of carbonyl (C=O) groups excluding carboxylic acids is 2. The number of carbonyl (C=O) groups is 2. The van der Waals surface area contributed by atoms with Crippen molar-refractivity contribution in [3.63, 3.8) is 0 Å². The number of morpholine rings is 1. The van der Waals surface area contributed by atoms with E-state index < -0.39 is 53.4 Å². The van der Waals surface area contributed by atoms with E-state index >= 15 is 4.39 Å². The quantitative estimate of drug-likeness (QED) is 0.221. The number of aromatic nitrogens is 4. The molecule has 15 heteroatoms. The lowest BCUT2D eigenvalue weighted by atomic mass is 9.95. The second kappa shape index (κ2) is 14.1. The summed E-state index contributed by atoms with van der Waals surface area (Å²) in [7, 11) is 1.53. The summed E-state index contributed by atoms with van der Waals surface area (Å²) in [6.07, 6.45) is 0.298. The van der Waals surface area contributed by atoms with Crippen LogP contribution in [0.2, 0.25) is 0 Å². The predicted molar refractivity (Wildman–Crippen MR) is 182 cm³/mol. The van der Waals surface area contributed by atoms with Crippen LogP contribution < -0.4 is 21.5 Å². The first-order valence-corrected chi connectivity index (χ1v) is 16.3. The maximum atomic E-state index is 15.6. The van der Waals surface area contributed by atoms with Gasteiger partial charge in [-0.3, -0.25) is 28.9 Å². The second-order valence-electron chi connectivity index (χ2n) is 12.4. The monoisotopic (exact) mass is 706 g/mol. The van der Waals surface area contributed by atoms with Gasteiger partial charge in [0.2, 0.25) is 0 Å². The maximum absolute atomic E-state index is 15.6. The number of Topliss-reactive ketones (excluding diaryl/α,β-unsaturated/α-hetero) is 1. The third-order valence-electron chi connectivity index (χ3n) is 9.10. The van der Waals surface area contributed by atoms with E-state index in [1.165, 1.54) is 49.3 Å². The summed E-state index contributed by atoms with van der Waals surface area (Å²) in [6.45, 7) is 2.51. The zero-order valence-corrected chi connectivity index (χ0v) is 28.0. The number of fused-ring (bicyclic) bond motifs is 2. The zero-order chi connectivity index (χ0) is 36.6. The van der Waals surface area contributed by atoms with Crippen molar-refractivity contribution in [2.75, 3.05) is 24.7 Å². The predicted octanol–water partition coefficient (Wildman–Crippen LogP) is 4.56. The molecule has 5 aromatic rings. The van der Waals surface area contributed by atoms with Crippen molar-refractivity contribution in [1.29, 1.82) is 0 Å². The Balaban J connectivity index is 1.35. The summed E-state index contributed by atoms with van der Waals surface area (Å²) in [5.74, 6) is -2.26. The van der Waals surface area contributed by atoms with Gasteiger partial charge < -0.3 is 15.0 Å². The van der Waals surface area contributed by atoms with E-state index in [2.05, 4.69) is 15.3 Å². The van der Waals surface area contributed by atoms with Crippen LogP contribution in [0, 0.1) is 12.7 Å². The topological polar surface area (TPSA) is 128 Å². The van der Waals surface area contributed by atoms with E-state index in [9.17, 15) is 32.3 Å². The molecule has 1 saturated heterocycles. The molecule has 2 atom stereocenters. The largest absolute Gasteiger partial charge is 0.411 e.